The molecule has 4 rings (SSSR count). The van der Waals surface area contributed by atoms with Crippen LogP contribution in [0.25, 0.3) is 0 Å². The molecule has 0 aromatic heterocycles. The molecule has 22 heavy (non-hydrogen) atoms. The number of allylic oxidation sites excluding steroid dienone is 1. The Bertz CT molecular complexity index is 594. The van der Waals surface area contributed by atoms with Crippen LogP contribution in [0.15, 0.2) is 12.7 Å². The van der Waals surface area contributed by atoms with Crippen LogP contribution in [0.1, 0.15) is 40.5 Å². The van der Waals surface area contributed by atoms with E-state index in [0.29, 0.717) is 6.42 Å². The molecule has 0 spiro atoms. The van der Waals surface area contributed by atoms with Gasteiger partial charge in [0.15, 0.2) is 0 Å². The fraction of sp³-hybridized carbons (Fsp3) is 0.778. The summed E-state index contributed by atoms with van der Waals surface area (Å²) < 4.78 is 11.9. The van der Waals surface area contributed by atoms with Crippen molar-refractivity contribution in [1.29, 1.82) is 0 Å². The molecule has 5 unspecified atom stereocenters. The molecule has 7 atom stereocenters. The first-order valence-corrected chi connectivity index (χ1v) is 8.20. The van der Waals surface area contributed by atoms with Crippen LogP contribution in [-0.4, -0.2) is 29.6 Å². The van der Waals surface area contributed by atoms with Gasteiger partial charge in [0.2, 0.25) is 0 Å². The standard InChI is InChI=1S/C18H24O4/c1-6-11-16(2,3)15(20)9-8-17(11,4)14-13-10(7-12(19)21-13)22-18(9,14)5/h6,9-11,13-14H,1,7-8H2,2-5H3/t9?,10-,11?,13+,14?,17?,18?/m0/s1. The smallest absolute Gasteiger partial charge is 0.308 e. The monoisotopic (exact) mass is 304 g/mol. The number of carbonyl (C=O) groups excluding carboxylic acids is 2. The van der Waals surface area contributed by atoms with Gasteiger partial charge in [-0.15, -0.1) is 6.58 Å². The Morgan fingerprint density at radius 1 is 1.23 bits per heavy atom. The maximum atomic E-state index is 13.1. The van der Waals surface area contributed by atoms with Gasteiger partial charge >= 0.3 is 5.97 Å². The largest absolute Gasteiger partial charge is 0.459 e. The summed E-state index contributed by atoms with van der Waals surface area (Å²) in [5, 5.41) is 0. The van der Waals surface area contributed by atoms with Gasteiger partial charge < -0.3 is 9.47 Å². The molecule has 4 fully saturated rings. The highest BCUT2D eigenvalue weighted by molar-refractivity contribution is 5.90. The zero-order valence-corrected chi connectivity index (χ0v) is 13.7. The second kappa shape index (κ2) is 3.84. The minimum Gasteiger partial charge on any atom is -0.459 e. The molecule has 120 valence electrons. The number of esters is 1. The van der Waals surface area contributed by atoms with E-state index in [2.05, 4.69) is 20.4 Å². The van der Waals surface area contributed by atoms with Gasteiger partial charge in [-0.2, -0.15) is 0 Å². The van der Waals surface area contributed by atoms with E-state index in [1.165, 1.54) is 0 Å². The number of ether oxygens (including phenoxy) is 2. The number of hydrogen-bond acceptors (Lipinski definition) is 4. The first-order chi connectivity index (χ1) is 10.2. The molecule has 0 N–H and O–H groups in total. The fourth-order valence-electron chi connectivity index (χ4n) is 6.44. The second-order valence-electron chi connectivity index (χ2n) is 8.54. The van der Waals surface area contributed by atoms with Gasteiger partial charge in [0.1, 0.15) is 18.0 Å². The fourth-order valence-corrected chi connectivity index (χ4v) is 6.44. The molecule has 2 aliphatic carbocycles. The third kappa shape index (κ3) is 1.34. The maximum absolute atomic E-state index is 13.1. The molecule has 0 aromatic rings. The van der Waals surface area contributed by atoms with Crippen molar-refractivity contribution < 1.29 is 19.1 Å². The van der Waals surface area contributed by atoms with E-state index in [9.17, 15) is 9.59 Å². The topological polar surface area (TPSA) is 52.6 Å². The average molecular weight is 304 g/mol. The highest BCUT2D eigenvalue weighted by atomic mass is 16.6. The lowest BCUT2D eigenvalue weighted by molar-refractivity contribution is -0.148. The highest BCUT2D eigenvalue weighted by Crippen LogP contribution is 2.70. The van der Waals surface area contributed by atoms with Crippen LogP contribution in [0.3, 0.4) is 0 Å². The van der Waals surface area contributed by atoms with E-state index in [0.717, 1.165) is 6.42 Å². The van der Waals surface area contributed by atoms with Crippen LogP contribution in [0, 0.1) is 28.6 Å². The molecular weight excluding hydrogens is 280 g/mol. The van der Waals surface area contributed by atoms with Crippen molar-refractivity contribution in [2.75, 3.05) is 0 Å². The summed E-state index contributed by atoms with van der Waals surface area (Å²) in [6.45, 7) is 12.3. The zero-order chi connectivity index (χ0) is 16.1. The third-order valence-electron chi connectivity index (χ3n) is 7.07. The summed E-state index contributed by atoms with van der Waals surface area (Å²) in [6.07, 6.45) is 2.65. The lowest BCUT2D eigenvalue weighted by Gasteiger charge is -2.48. The van der Waals surface area contributed by atoms with Crippen molar-refractivity contribution in [2.45, 2.75) is 58.3 Å². The predicted octanol–water partition coefficient (Wildman–Crippen LogP) is 2.51. The number of Topliss-reactive ketones (excluding diaryl/α,β-unsaturated/α-hetero) is 1. The van der Waals surface area contributed by atoms with Crippen molar-refractivity contribution in [3.05, 3.63) is 12.7 Å². The minimum atomic E-state index is -0.517. The summed E-state index contributed by atoms with van der Waals surface area (Å²) in [4.78, 5) is 24.8. The number of ketones is 1. The lowest BCUT2D eigenvalue weighted by atomic mass is 9.54. The van der Waals surface area contributed by atoms with Gasteiger partial charge in [-0.25, -0.2) is 0 Å². The van der Waals surface area contributed by atoms with Crippen LogP contribution >= 0.6 is 0 Å². The first-order valence-electron chi connectivity index (χ1n) is 8.20. The Morgan fingerprint density at radius 3 is 2.55 bits per heavy atom. The van der Waals surface area contributed by atoms with Gasteiger partial charge in [-0.1, -0.05) is 26.8 Å². The van der Waals surface area contributed by atoms with Crippen molar-refractivity contribution in [1.82, 2.24) is 0 Å². The number of hydrogen-bond donors (Lipinski definition) is 0. The van der Waals surface area contributed by atoms with E-state index >= 15 is 0 Å². The normalized spacial score (nSPS) is 54.8. The van der Waals surface area contributed by atoms with E-state index in [-0.39, 0.29) is 47.1 Å². The highest BCUT2D eigenvalue weighted by Gasteiger charge is 2.76. The van der Waals surface area contributed by atoms with Crippen molar-refractivity contribution in [2.24, 2.45) is 28.6 Å². The van der Waals surface area contributed by atoms with Gasteiger partial charge in [0.25, 0.3) is 0 Å². The van der Waals surface area contributed by atoms with E-state index < -0.39 is 11.0 Å². The van der Waals surface area contributed by atoms with E-state index in [1.54, 1.807) is 0 Å². The maximum Gasteiger partial charge on any atom is 0.308 e. The predicted molar refractivity (Wildman–Crippen MR) is 80.0 cm³/mol. The summed E-state index contributed by atoms with van der Waals surface area (Å²) >= 11 is 0. The zero-order valence-electron chi connectivity index (χ0n) is 13.7. The van der Waals surface area contributed by atoms with Crippen LogP contribution in [0.4, 0.5) is 0 Å². The van der Waals surface area contributed by atoms with Crippen molar-refractivity contribution in [3.8, 4) is 0 Å². The molecule has 2 saturated carbocycles. The SMILES string of the molecule is C=CC1C(C)(C)C(=O)C2CC1(C)C1[C@@H]3OC(=O)C[C@@H]3OC21C. The van der Waals surface area contributed by atoms with Crippen LogP contribution in [-0.2, 0) is 19.1 Å². The molecule has 2 saturated heterocycles. The molecule has 4 heteroatoms. The summed E-state index contributed by atoms with van der Waals surface area (Å²) in [5.41, 5.74) is -1.09. The van der Waals surface area contributed by atoms with Gasteiger partial charge in [0, 0.05) is 17.3 Å². The van der Waals surface area contributed by atoms with E-state index in [1.807, 2.05) is 19.9 Å². The number of fused-ring (bicyclic) bond motifs is 7. The van der Waals surface area contributed by atoms with Crippen LogP contribution in [0.5, 0.6) is 0 Å². The minimum absolute atomic E-state index is 0.0650. The third-order valence-corrected chi connectivity index (χ3v) is 7.07. The Labute approximate surface area is 131 Å². The first kappa shape index (κ1) is 14.4. The van der Waals surface area contributed by atoms with Gasteiger partial charge in [0.05, 0.1) is 12.0 Å². The Hall–Kier alpha value is -1.16. The molecule has 4 nitrogen and oxygen atoms in total. The van der Waals surface area contributed by atoms with Crippen molar-refractivity contribution >= 4 is 11.8 Å². The van der Waals surface area contributed by atoms with Gasteiger partial charge in [-0.05, 0) is 24.7 Å². The number of carbonyl (C=O) groups is 2. The molecule has 0 aromatic carbocycles. The lowest BCUT2D eigenvalue weighted by Crippen LogP contribution is -2.50. The molecule has 4 aliphatic rings. The summed E-state index contributed by atoms with van der Waals surface area (Å²) in [6, 6.07) is 0. The van der Waals surface area contributed by atoms with Crippen LogP contribution in [0.2, 0.25) is 0 Å². The summed E-state index contributed by atoms with van der Waals surface area (Å²) in [7, 11) is 0. The Balaban J connectivity index is 1.88. The van der Waals surface area contributed by atoms with Gasteiger partial charge in [-0.3, -0.25) is 9.59 Å². The van der Waals surface area contributed by atoms with Crippen LogP contribution < -0.4 is 0 Å². The molecule has 0 radical (unpaired) electrons. The van der Waals surface area contributed by atoms with E-state index in [4.69, 9.17) is 9.47 Å². The quantitative estimate of drug-likeness (QED) is 0.552. The Morgan fingerprint density at radius 2 is 1.91 bits per heavy atom. The molecule has 2 heterocycles. The molecule has 2 bridgehead atoms. The Kier molecular flexibility index (Phi) is 2.52. The molecule has 0 amide bonds. The van der Waals surface area contributed by atoms with Crippen molar-refractivity contribution in [3.63, 3.8) is 0 Å². The molecular formula is C18H24O4. The average Bonchev–Trinajstić information content (AvgIpc) is 2.92. The molecule has 2 aliphatic heterocycles. The second-order valence-corrected chi connectivity index (χ2v) is 8.54. The summed E-state index contributed by atoms with van der Waals surface area (Å²) in [5.74, 6) is 0.111. The number of rotatable bonds is 1.